The lowest BCUT2D eigenvalue weighted by Gasteiger charge is -1.99. The number of imide groups is 1. The Morgan fingerprint density at radius 2 is 2.18 bits per heavy atom. The number of nitrogens with zero attached hydrogens (tertiary/aromatic N) is 1. The summed E-state index contributed by atoms with van der Waals surface area (Å²) in [5.41, 5.74) is 5.26. The number of carbonyl (C=O) groups is 2. The third-order valence-corrected chi connectivity index (χ3v) is 2.25. The molecule has 1 aromatic rings. The van der Waals surface area contributed by atoms with Crippen molar-refractivity contribution in [3.05, 3.63) is 39.9 Å². The Balaban J connectivity index is 2.99. The van der Waals surface area contributed by atoms with Crippen molar-refractivity contribution in [2.75, 3.05) is 0 Å². The summed E-state index contributed by atoms with van der Waals surface area (Å²) >= 11 is 3.26. The fourth-order valence-electron chi connectivity index (χ4n) is 1.09. The molecule has 0 unspecified atom stereocenters. The van der Waals surface area contributed by atoms with Gasteiger partial charge >= 0.3 is 6.03 Å². The molecule has 0 aliphatic carbocycles. The molecule has 1 aromatic carbocycles. The van der Waals surface area contributed by atoms with E-state index >= 15 is 0 Å². The lowest BCUT2D eigenvalue weighted by Crippen LogP contribution is -2.35. The number of halogens is 1. The summed E-state index contributed by atoms with van der Waals surface area (Å²) < 4.78 is 0.818. The predicted molar refractivity (Wildman–Crippen MR) is 65.5 cm³/mol. The maximum atomic E-state index is 11.4. The fraction of sp³-hybridized carbons (Fsp3) is 0. The largest absolute Gasteiger partial charge is 0.351 e. The zero-order valence-electron chi connectivity index (χ0n) is 8.61. The number of carbonyl (C=O) groups excluding carboxylic acids is 2. The van der Waals surface area contributed by atoms with Gasteiger partial charge in [-0.3, -0.25) is 10.1 Å². The molecule has 0 aromatic heterocycles. The van der Waals surface area contributed by atoms with E-state index < -0.39 is 11.9 Å². The average Bonchev–Trinajstić information content (AvgIpc) is 2.24. The van der Waals surface area contributed by atoms with Gasteiger partial charge in [-0.05, 0) is 23.8 Å². The molecule has 0 bridgehead atoms. The number of hydrogen-bond acceptors (Lipinski definition) is 3. The van der Waals surface area contributed by atoms with E-state index in [1.54, 1.807) is 24.3 Å². The fourth-order valence-corrected chi connectivity index (χ4v) is 1.51. The lowest BCUT2D eigenvalue weighted by molar-refractivity contribution is -0.115. The van der Waals surface area contributed by atoms with Crippen molar-refractivity contribution < 1.29 is 9.59 Å². The van der Waals surface area contributed by atoms with Crippen molar-refractivity contribution in [3.63, 3.8) is 0 Å². The Hall–Kier alpha value is -2.13. The van der Waals surface area contributed by atoms with Crippen LogP contribution in [0.3, 0.4) is 0 Å². The number of benzene rings is 1. The average molecular weight is 294 g/mol. The Bertz CT molecular complexity index is 532. The Morgan fingerprint density at radius 1 is 1.47 bits per heavy atom. The van der Waals surface area contributed by atoms with Crippen LogP contribution in [0, 0.1) is 11.3 Å². The summed E-state index contributed by atoms with van der Waals surface area (Å²) in [5.74, 6) is -0.819. The van der Waals surface area contributed by atoms with Crippen LogP contribution in [0.4, 0.5) is 4.79 Å². The van der Waals surface area contributed by atoms with Crippen molar-refractivity contribution in [2.24, 2.45) is 5.73 Å². The number of nitriles is 1. The Kier molecular flexibility index (Phi) is 4.43. The SMILES string of the molecule is N#C/C(=C/c1cccc(Br)c1)C(=O)NC(N)=O. The van der Waals surface area contributed by atoms with E-state index in [1.165, 1.54) is 6.08 Å². The molecule has 5 nitrogen and oxygen atoms in total. The van der Waals surface area contributed by atoms with E-state index in [0.29, 0.717) is 5.56 Å². The summed E-state index contributed by atoms with van der Waals surface area (Å²) in [4.78, 5) is 21.8. The van der Waals surface area contributed by atoms with E-state index in [0.717, 1.165) is 4.47 Å². The molecule has 17 heavy (non-hydrogen) atoms. The highest BCUT2D eigenvalue weighted by atomic mass is 79.9. The molecule has 0 saturated carbocycles. The number of urea groups is 1. The third-order valence-electron chi connectivity index (χ3n) is 1.76. The topological polar surface area (TPSA) is 96.0 Å². The lowest BCUT2D eigenvalue weighted by atomic mass is 10.1. The van der Waals surface area contributed by atoms with Gasteiger partial charge in [0.2, 0.25) is 0 Å². The maximum absolute atomic E-state index is 11.4. The van der Waals surface area contributed by atoms with Crippen LogP contribution in [-0.4, -0.2) is 11.9 Å². The van der Waals surface area contributed by atoms with Gasteiger partial charge in [-0.2, -0.15) is 5.26 Å². The molecule has 0 aliphatic rings. The first-order valence-electron chi connectivity index (χ1n) is 4.51. The van der Waals surface area contributed by atoms with Crippen LogP contribution in [0.5, 0.6) is 0 Å². The molecule has 3 amide bonds. The molecule has 86 valence electrons. The second-order valence-electron chi connectivity index (χ2n) is 3.04. The summed E-state index contributed by atoms with van der Waals surface area (Å²) in [7, 11) is 0. The van der Waals surface area contributed by atoms with Crippen LogP contribution in [0.25, 0.3) is 6.08 Å². The normalized spacial score (nSPS) is 10.5. The van der Waals surface area contributed by atoms with E-state index in [2.05, 4.69) is 15.9 Å². The molecule has 0 spiro atoms. The van der Waals surface area contributed by atoms with Crippen molar-refractivity contribution in [2.45, 2.75) is 0 Å². The highest BCUT2D eigenvalue weighted by molar-refractivity contribution is 9.10. The Labute approximate surface area is 106 Å². The van der Waals surface area contributed by atoms with E-state index in [9.17, 15) is 9.59 Å². The zero-order chi connectivity index (χ0) is 12.8. The van der Waals surface area contributed by atoms with Crippen LogP contribution in [-0.2, 0) is 4.79 Å². The first-order valence-corrected chi connectivity index (χ1v) is 5.30. The van der Waals surface area contributed by atoms with Gasteiger partial charge in [0.15, 0.2) is 0 Å². The second-order valence-corrected chi connectivity index (χ2v) is 3.96. The molecule has 6 heteroatoms. The number of hydrogen-bond donors (Lipinski definition) is 2. The standard InChI is InChI=1S/C11H8BrN3O2/c12-9-3-1-2-7(5-9)4-8(6-13)10(16)15-11(14)17/h1-5H,(H3,14,15,16,17)/b8-4-. The molecule has 0 saturated heterocycles. The van der Waals surface area contributed by atoms with Gasteiger partial charge in [-0.1, -0.05) is 28.1 Å². The molecule has 0 heterocycles. The van der Waals surface area contributed by atoms with Crippen molar-refractivity contribution in [3.8, 4) is 6.07 Å². The van der Waals surface area contributed by atoms with Gasteiger partial charge in [0.25, 0.3) is 5.91 Å². The molecule has 1 rings (SSSR count). The van der Waals surface area contributed by atoms with Crippen molar-refractivity contribution in [1.29, 1.82) is 5.26 Å². The number of amides is 3. The Morgan fingerprint density at radius 3 is 2.71 bits per heavy atom. The van der Waals surface area contributed by atoms with Crippen LogP contribution >= 0.6 is 15.9 Å². The zero-order valence-corrected chi connectivity index (χ0v) is 10.2. The van der Waals surface area contributed by atoms with Crippen molar-refractivity contribution in [1.82, 2.24) is 5.32 Å². The quantitative estimate of drug-likeness (QED) is 0.639. The number of nitrogens with two attached hydrogens (primary N) is 1. The second kappa shape index (κ2) is 5.82. The van der Waals surface area contributed by atoms with Gasteiger partial charge in [0.1, 0.15) is 11.6 Å². The smallest absolute Gasteiger partial charge is 0.319 e. The number of nitrogens with one attached hydrogen (secondary N) is 1. The van der Waals surface area contributed by atoms with Gasteiger partial charge in [-0.15, -0.1) is 0 Å². The molecule has 0 aliphatic heterocycles. The highest BCUT2D eigenvalue weighted by Gasteiger charge is 2.10. The summed E-state index contributed by atoms with van der Waals surface area (Å²) in [6.07, 6.45) is 1.36. The molecule has 0 fully saturated rings. The van der Waals surface area contributed by atoms with Gasteiger partial charge in [0, 0.05) is 4.47 Å². The van der Waals surface area contributed by atoms with Gasteiger partial charge in [0.05, 0.1) is 0 Å². The minimum atomic E-state index is -0.995. The maximum Gasteiger partial charge on any atom is 0.319 e. The molecule has 3 N–H and O–H groups in total. The highest BCUT2D eigenvalue weighted by Crippen LogP contribution is 2.14. The van der Waals surface area contributed by atoms with Gasteiger partial charge < -0.3 is 5.73 Å². The van der Waals surface area contributed by atoms with E-state index in [-0.39, 0.29) is 5.57 Å². The predicted octanol–water partition coefficient (Wildman–Crippen LogP) is 1.55. The molecular formula is C11H8BrN3O2. The van der Waals surface area contributed by atoms with Crippen LogP contribution in [0.2, 0.25) is 0 Å². The first kappa shape index (κ1) is 12.9. The molecule has 0 radical (unpaired) electrons. The summed E-state index contributed by atoms with van der Waals surface area (Å²) in [5, 5.41) is 10.6. The van der Waals surface area contributed by atoms with E-state index in [4.69, 9.17) is 11.0 Å². The third kappa shape index (κ3) is 4.09. The first-order chi connectivity index (χ1) is 8.02. The minimum Gasteiger partial charge on any atom is -0.351 e. The van der Waals surface area contributed by atoms with E-state index in [1.807, 2.05) is 11.4 Å². The minimum absolute atomic E-state index is 0.193. The monoisotopic (exact) mass is 293 g/mol. The summed E-state index contributed by atoms with van der Waals surface area (Å²) in [6, 6.07) is 7.73. The number of rotatable bonds is 2. The van der Waals surface area contributed by atoms with Crippen LogP contribution in [0.1, 0.15) is 5.56 Å². The van der Waals surface area contributed by atoms with Crippen LogP contribution in [0.15, 0.2) is 34.3 Å². The van der Waals surface area contributed by atoms with Gasteiger partial charge in [-0.25, -0.2) is 4.79 Å². The van der Waals surface area contributed by atoms with Crippen molar-refractivity contribution >= 4 is 33.9 Å². The van der Waals surface area contributed by atoms with Crippen LogP contribution < -0.4 is 11.1 Å². The number of primary amides is 1. The molecular weight excluding hydrogens is 286 g/mol. The molecule has 0 atom stereocenters. The summed E-state index contributed by atoms with van der Waals surface area (Å²) in [6.45, 7) is 0.